The molecule has 0 amide bonds. The van der Waals surface area contributed by atoms with Gasteiger partial charge in [-0.05, 0) is 13.3 Å². The highest BCUT2D eigenvalue weighted by Crippen LogP contribution is 2.32. The zero-order chi connectivity index (χ0) is 22.3. The molecule has 4 aromatic heterocycles. The number of hydrogen-bond acceptors (Lipinski definition) is 9. The van der Waals surface area contributed by atoms with Crippen LogP contribution < -0.4 is 15.4 Å². The lowest BCUT2D eigenvalue weighted by atomic mass is 10.0. The van der Waals surface area contributed by atoms with Crippen molar-refractivity contribution in [3.8, 4) is 17.4 Å². The Kier molecular flexibility index (Phi) is 4.89. The van der Waals surface area contributed by atoms with E-state index >= 15 is 0 Å². The number of nitrogens with one attached hydrogen (secondary N) is 2. The van der Waals surface area contributed by atoms with Gasteiger partial charge in [0, 0.05) is 45.1 Å². The molecule has 166 valence electrons. The smallest absolute Gasteiger partial charge is 0.216 e. The predicted molar refractivity (Wildman–Crippen MR) is 120 cm³/mol. The second kappa shape index (κ2) is 7.75. The van der Waals surface area contributed by atoms with E-state index in [2.05, 4.69) is 37.7 Å². The molecule has 1 aliphatic heterocycles. The van der Waals surface area contributed by atoms with E-state index < -0.39 is 0 Å². The topological polar surface area (TPSA) is 117 Å². The van der Waals surface area contributed by atoms with Gasteiger partial charge in [0.25, 0.3) is 0 Å². The maximum atomic E-state index is 5.61. The summed E-state index contributed by atoms with van der Waals surface area (Å²) in [7, 11) is 5.30. The van der Waals surface area contributed by atoms with Crippen LogP contribution in [0.3, 0.4) is 0 Å². The average molecular weight is 435 g/mol. The molecule has 1 saturated heterocycles. The molecule has 0 unspecified atom stereocenters. The van der Waals surface area contributed by atoms with E-state index in [0.29, 0.717) is 29.8 Å². The Bertz CT molecular complexity index is 1270. The van der Waals surface area contributed by atoms with Crippen LogP contribution in [0.5, 0.6) is 5.88 Å². The van der Waals surface area contributed by atoms with Crippen LogP contribution in [-0.4, -0.2) is 60.4 Å². The monoisotopic (exact) mass is 435 g/mol. The minimum absolute atomic E-state index is 0.134. The van der Waals surface area contributed by atoms with Crippen LogP contribution in [0.2, 0.25) is 0 Å². The third kappa shape index (κ3) is 3.71. The third-order valence-corrected chi connectivity index (χ3v) is 5.56. The van der Waals surface area contributed by atoms with Crippen molar-refractivity contribution in [1.82, 2.24) is 34.5 Å². The van der Waals surface area contributed by atoms with Gasteiger partial charge in [-0.15, -0.1) is 0 Å². The van der Waals surface area contributed by atoms with Crippen molar-refractivity contribution >= 4 is 28.4 Å². The number of anilines is 3. The molecule has 4 aromatic rings. The number of fused-ring (bicyclic) bond motifs is 1. The lowest BCUT2D eigenvalue weighted by Crippen LogP contribution is -2.35. The quantitative estimate of drug-likeness (QED) is 0.471. The molecule has 1 atom stereocenters. The van der Waals surface area contributed by atoms with Gasteiger partial charge in [0.15, 0.2) is 11.5 Å². The fourth-order valence-corrected chi connectivity index (χ4v) is 3.78. The van der Waals surface area contributed by atoms with Gasteiger partial charge in [0.1, 0.15) is 17.3 Å². The average Bonchev–Trinajstić information content (AvgIpc) is 3.48. The summed E-state index contributed by atoms with van der Waals surface area (Å²) in [6.45, 7) is 3.57. The van der Waals surface area contributed by atoms with E-state index in [1.54, 1.807) is 28.7 Å². The number of rotatable bonds is 6. The molecule has 5 heterocycles. The highest BCUT2D eigenvalue weighted by molar-refractivity contribution is 5.91. The second-order valence-corrected chi connectivity index (χ2v) is 8.13. The number of methoxy groups -OCH3 is 1. The van der Waals surface area contributed by atoms with Crippen LogP contribution in [0.25, 0.3) is 22.6 Å². The van der Waals surface area contributed by atoms with Crippen LogP contribution in [0.4, 0.5) is 17.3 Å². The second-order valence-electron chi connectivity index (χ2n) is 8.13. The molecule has 0 spiro atoms. The SMILES string of the molecule is COc1ccnc(-c2cc(Nc3cc(N[C@]4(C)CCOC4)c4cnn(C)c4n3)n(C)n2)n1. The van der Waals surface area contributed by atoms with Gasteiger partial charge in [-0.1, -0.05) is 0 Å². The number of hydrogen-bond donors (Lipinski definition) is 2. The highest BCUT2D eigenvalue weighted by Gasteiger charge is 2.30. The van der Waals surface area contributed by atoms with Gasteiger partial charge in [0.2, 0.25) is 5.88 Å². The van der Waals surface area contributed by atoms with Gasteiger partial charge >= 0.3 is 0 Å². The van der Waals surface area contributed by atoms with E-state index in [-0.39, 0.29) is 5.54 Å². The minimum atomic E-state index is -0.134. The fourth-order valence-electron chi connectivity index (χ4n) is 3.78. The zero-order valence-corrected chi connectivity index (χ0v) is 18.5. The van der Waals surface area contributed by atoms with Crippen molar-refractivity contribution < 1.29 is 9.47 Å². The predicted octanol–water partition coefficient (Wildman–Crippen LogP) is 2.50. The van der Waals surface area contributed by atoms with E-state index in [4.69, 9.17) is 14.5 Å². The third-order valence-electron chi connectivity index (χ3n) is 5.56. The molecule has 11 heteroatoms. The molecular weight excluding hydrogens is 410 g/mol. The van der Waals surface area contributed by atoms with Crippen LogP contribution in [0.1, 0.15) is 13.3 Å². The standard InChI is InChI=1S/C21H25N9O2/c1-21(6-8-32-12-21)27-14-9-16(25-20-13(14)11-23-30(20)3)24-17-10-15(28-29(17)2)19-22-7-5-18(26-19)31-4/h5,7,9-11H,6,8,12H2,1-4H3,(H2,24,25,27)/t21-/m1/s1. The Morgan fingerprint density at radius 2 is 2.06 bits per heavy atom. The first-order chi connectivity index (χ1) is 15.4. The normalized spacial score (nSPS) is 18.2. The van der Waals surface area contributed by atoms with E-state index in [0.717, 1.165) is 35.6 Å². The molecule has 0 radical (unpaired) electrons. The molecule has 1 aliphatic rings. The first-order valence-corrected chi connectivity index (χ1v) is 10.3. The maximum Gasteiger partial charge on any atom is 0.216 e. The summed E-state index contributed by atoms with van der Waals surface area (Å²) in [6.07, 6.45) is 4.41. The molecular formula is C21H25N9O2. The zero-order valence-electron chi connectivity index (χ0n) is 18.5. The van der Waals surface area contributed by atoms with Crippen molar-refractivity contribution in [3.05, 3.63) is 30.6 Å². The van der Waals surface area contributed by atoms with Crippen LogP contribution >= 0.6 is 0 Å². The van der Waals surface area contributed by atoms with Crippen molar-refractivity contribution in [3.63, 3.8) is 0 Å². The van der Waals surface area contributed by atoms with E-state index in [1.807, 2.05) is 32.4 Å². The number of pyridine rings is 1. The lowest BCUT2D eigenvalue weighted by molar-refractivity contribution is 0.185. The lowest BCUT2D eigenvalue weighted by Gasteiger charge is -2.25. The van der Waals surface area contributed by atoms with Gasteiger partial charge in [0.05, 0.1) is 36.5 Å². The van der Waals surface area contributed by atoms with Crippen LogP contribution in [-0.2, 0) is 18.8 Å². The summed E-state index contributed by atoms with van der Waals surface area (Å²) in [6, 6.07) is 5.56. The Hall–Kier alpha value is -3.73. The Balaban J connectivity index is 1.49. The summed E-state index contributed by atoms with van der Waals surface area (Å²) >= 11 is 0. The molecule has 5 rings (SSSR count). The first kappa shape index (κ1) is 20.2. The van der Waals surface area contributed by atoms with Crippen molar-refractivity contribution in [2.75, 3.05) is 31.0 Å². The van der Waals surface area contributed by atoms with Crippen LogP contribution in [0.15, 0.2) is 30.6 Å². The van der Waals surface area contributed by atoms with Gasteiger partial charge in [-0.3, -0.25) is 9.36 Å². The summed E-state index contributed by atoms with van der Waals surface area (Å²) in [5.74, 6) is 2.40. The summed E-state index contributed by atoms with van der Waals surface area (Å²) in [5.41, 5.74) is 2.23. The molecule has 0 aliphatic carbocycles. The first-order valence-electron chi connectivity index (χ1n) is 10.3. The summed E-state index contributed by atoms with van der Waals surface area (Å²) in [4.78, 5) is 13.4. The Labute approximate surface area is 184 Å². The van der Waals surface area contributed by atoms with Crippen molar-refractivity contribution in [2.45, 2.75) is 18.9 Å². The van der Waals surface area contributed by atoms with E-state index in [9.17, 15) is 0 Å². The van der Waals surface area contributed by atoms with Gasteiger partial charge in [-0.25, -0.2) is 9.97 Å². The largest absolute Gasteiger partial charge is 0.481 e. The van der Waals surface area contributed by atoms with Crippen molar-refractivity contribution in [1.29, 1.82) is 0 Å². The summed E-state index contributed by atoms with van der Waals surface area (Å²) < 4.78 is 14.3. The molecule has 1 fully saturated rings. The molecule has 2 N–H and O–H groups in total. The van der Waals surface area contributed by atoms with E-state index in [1.165, 1.54) is 0 Å². The Morgan fingerprint density at radius 3 is 2.84 bits per heavy atom. The molecule has 0 aromatic carbocycles. The maximum absolute atomic E-state index is 5.61. The number of nitrogens with zero attached hydrogens (tertiary/aromatic N) is 7. The summed E-state index contributed by atoms with van der Waals surface area (Å²) in [5, 5.41) is 16.9. The van der Waals surface area contributed by atoms with Gasteiger partial charge < -0.3 is 20.1 Å². The number of aromatic nitrogens is 7. The number of aryl methyl sites for hydroxylation is 2. The number of ether oxygens (including phenoxy) is 2. The molecule has 0 bridgehead atoms. The molecule has 32 heavy (non-hydrogen) atoms. The molecule has 0 saturated carbocycles. The fraction of sp³-hybridized carbons (Fsp3) is 0.381. The highest BCUT2D eigenvalue weighted by atomic mass is 16.5. The Morgan fingerprint density at radius 1 is 1.19 bits per heavy atom. The van der Waals surface area contributed by atoms with Crippen LogP contribution in [0, 0.1) is 0 Å². The van der Waals surface area contributed by atoms with Gasteiger partial charge in [-0.2, -0.15) is 15.2 Å². The molecule has 11 nitrogen and oxygen atoms in total. The minimum Gasteiger partial charge on any atom is -0.481 e. The van der Waals surface area contributed by atoms with Crippen molar-refractivity contribution in [2.24, 2.45) is 14.1 Å².